The predicted octanol–water partition coefficient (Wildman–Crippen LogP) is 3.63. The first-order chi connectivity index (χ1) is 10.3. The van der Waals surface area contributed by atoms with E-state index in [0.717, 1.165) is 36.8 Å². The molecule has 21 heavy (non-hydrogen) atoms. The Labute approximate surface area is 126 Å². The molecule has 2 aromatic rings. The van der Waals surface area contributed by atoms with E-state index in [2.05, 4.69) is 12.2 Å². The lowest BCUT2D eigenvalue weighted by Gasteiger charge is -2.15. The molecule has 0 bridgehead atoms. The molecule has 0 radical (unpaired) electrons. The van der Waals surface area contributed by atoms with E-state index in [1.807, 2.05) is 43.3 Å². The van der Waals surface area contributed by atoms with Crippen LogP contribution in [0.5, 0.6) is 11.5 Å². The van der Waals surface area contributed by atoms with Crippen molar-refractivity contribution in [3.05, 3.63) is 48.4 Å². The average molecular weight is 289 g/mol. The average Bonchev–Trinajstić information content (AvgIpc) is 3.00. The van der Waals surface area contributed by atoms with Gasteiger partial charge < -0.3 is 19.2 Å². The van der Waals surface area contributed by atoms with E-state index in [4.69, 9.17) is 13.9 Å². The maximum Gasteiger partial charge on any atom is 0.120 e. The highest BCUT2D eigenvalue weighted by Crippen LogP contribution is 2.18. The van der Waals surface area contributed by atoms with Crippen molar-refractivity contribution in [1.29, 1.82) is 0 Å². The van der Waals surface area contributed by atoms with Gasteiger partial charge in [0.15, 0.2) is 0 Å². The molecule has 0 amide bonds. The largest absolute Gasteiger partial charge is 0.494 e. The second kappa shape index (κ2) is 8.37. The van der Waals surface area contributed by atoms with Crippen LogP contribution in [-0.2, 0) is 6.54 Å². The van der Waals surface area contributed by atoms with E-state index in [1.54, 1.807) is 6.26 Å². The van der Waals surface area contributed by atoms with Crippen molar-refractivity contribution in [3.8, 4) is 11.5 Å². The topological polar surface area (TPSA) is 43.6 Å². The Kier molecular flexibility index (Phi) is 6.16. The third-order valence-electron chi connectivity index (χ3n) is 2.94. The second-order valence-corrected chi connectivity index (χ2v) is 4.96. The summed E-state index contributed by atoms with van der Waals surface area (Å²) in [6, 6.07) is 11.6. The summed E-state index contributed by atoms with van der Waals surface area (Å²) in [5.74, 6) is 2.67. The molecular weight excluding hydrogens is 266 g/mol. The molecule has 0 saturated heterocycles. The summed E-state index contributed by atoms with van der Waals surface area (Å²) >= 11 is 0. The fraction of sp³-hybridized carbons (Fsp3) is 0.412. The van der Waals surface area contributed by atoms with Gasteiger partial charge in [-0.25, -0.2) is 0 Å². The van der Waals surface area contributed by atoms with Crippen molar-refractivity contribution >= 4 is 0 Å². The van der Waals surface area contributed by atoms with Crippen molar-refractivity contribution in [3.63, 3.8) is 0 Å². The molecule has 2 rings (SSSR count). The lowest BCUT2D eigenvalue weighted by molar-refractivity contribution is 0.215. The molecule has 1 atom stereocenters. The van der Waals surface area contributed by atoms with Gasteiger partial charge in [0.2, 0.25) is 0 Å². The quantitative estimate of drug-likeness (QED) is 0.765. The molecule has 4 heteroatoms. The van der Waals surface area contributed by atoms with Gasteiger partial charge in [0, 0.05) is 6.54 Å². The van der Waals surface area contributed by atoms with Crippen LogP contribution < -0.4 is 14.8 Å². The molecule has 4 nitrogen and oxygen atoms in total. The van der Waals surface area contributed by atoms with Gasteiger partial charge in [0.25, 0.3) is 0 Å². The molecule has 1 aromatic heterocycles. The zero-order valence-corrected chi connectivity index (χ0v) is 12.7. The van der Waals surface area contributed by atoms with Crippen LogP contribution in [0.2, 0.25) is 0 Å². The summed E-state index contributed by atoms with van der Waals surface area (Å²) in [4.78, 5) is 0. The standard InChI is InChI=1S/C17H23NO3/c1-3-10-19-15-6-8-16(9-7-15)21-14(2)12-18-13-17-5-4-11-20-17/h4-9,11,14,18H,3,10,12-13H2,1-2H3. The van der Waals surface area contributed by atoms with Crippen LogP contribution in [0.15, 0.2) is 47.1 Å². The fourth-order valence-electron chi connectivity index (χ4n) is 1.92. The lowest BCUT2D eigenvalue weighted by atomic mass is 10.3. The lowest BCUT2D eigenvalue weighted by Crippen LogP contribution is -2.28. The van der Waals surface area contributed by atoms with Crippen LogP contribution in [-0.4, -0.2) is 19.3 Å². The van der Waals surface area contributed by atoms with Gasteiger partial charge in [-0.1, -0.05) is 6.92 Å². The first-order valence-corrected chi connectivity index (χ1v) is 7.40. The van der Waals surface area contributed by atoms with Crippen LogP contribution in [0, 0.1) is 0 Å². The number of nitrogens with one attached hydrogen (secondary N) is 1. The van der Waals surface area contributed by atoms with Crippen molar-refractivity contribution in [1.82, 2.24) is 5.32 Å². The van der Waals surface area contributed by atoms with Gasteiger partial charge in [-0.3, -0.25) is 0 Å². The summed E-state index contributed by atoms with van der Waals surface area (Å²) in [6.45, 7) is 6.35. The minimum atomic E-state index is 0.0855. The molecule has 0 aliphatic rings. The Morgan fingerprint density at radius 1 is 1.14 bits per heavy atom. The Hall–Kier alpha value is -1.94. The van der Waals surface area contributed by atoms with Gasteiger partial charge >= 0.3 is 0 Å². The smallest absolute Gasteiger partial charge is 0.120 e. The van der Waals surface area contributed by atoms with Gasteiger partial charge in [0.05, 0.1) is 19.4 Å². The van der Waals surface area contributed by atoms with Gasteiger partial charge in [-0.2, -0.15) is 0 Å². The molecule has 0 aliphatic carbocycles. The fourth-order valence-corrected chi connectivity index (χ4v) is 1.92. The van der Waals surface area contributed by atoms with Crippen molar-refractivity contribution in [2.24, 2.45) is 0 Å². The Bertz CT molecular complexity index is 493. The van der Waals surface area contributed by atoms with E-state index < -0.39 is 0 Å². The van der Waals surface area contributed by atoms with Crippen molar-refractivity contribution < 1.29 is 13.9 Å². The van der Waals surface area contributed by atoms with E-state index >= 15 is 0 Å². The third-order valence-corrected chi connectivity index (χ3v) is 2.94. The summed E-state index contributed by atoms with van der Waals surface area (Å²) in [7, 11) is 0. The molecule has 1 heterocycles. The summed E-state index contributed by atoms with van der Waals surface area (Å²) in [5, 5.41) is 3.30. The highest BCUT2D eigenvalue weighted by atomic mass is 16.5. The number of ether oxygens (including phenoxy) is 2. The van der Waals surface area contributed by atoms with Gasteiger partial charge in [-0.15, -0.1) is 0 Å². The number of rotatable bonds is 9. The first kappa shape index (κ1) is 15.4. The summed E-state index contributed by atoms with van der Waals surface area (Å²) < 4.78 is 16.6. The van der Waals surface area contributed by atoms with E-state index in [1.165, 1.54) is 0 Å². The molecule has 0 spiro atoms. The Balaban J connectivity index is 1.70. The zero-order chi connectivity index (χ0) is 14.9. The van der Waals surface area contributed by atoms with E-state index in [0.29, 0.717) is 6.54 Å². The Morgan fingerprint density at radius 2 is 1.90 bits per heavy atom. The molecule has 0 saturated carbocycles. The number of furan rings is 1. The SMILES string of the molecule is CCCOc1ccc(OC(C)CNCc2ccco2)cc1. The number of hydrogen-bond acceptors (Lipinski definition) is 4. The molecule has 0 fully saturated rings. The van der Waals surface area contributed by atoms with Crippen LogP contribution in [0.1, 0.15) is 26.0 Å². The summed E-state index contributed by atoms with van der Waals surface area (Å²) in [6.07, 6.45) is 2.78. The third kappa shape index (κ3) is 5.52. The molecule has 1 unspecified atom stereocenters. The van der Waals surface area contributed by atoms with Crippen LogP contribution in [0.4, 0.5) is 0 Å². The van der Waals surface area contributed by atoms with Crippen molar-refractivity contribution in [2.75, 3.05) is 13.2 Å². The predicted molar refractivity (Wildman–Crippen MR) is 82.7 cm³/mol. The monoisotopic (exact) mass is 289 g/mol. The van der Waals surface area contributed by atoms with E-state index in [9.17, 15) is 0 Å². The van der Waals surface area contributed by atoms with Crippen molar-refractivity contribution in [2.45, 2.75) is 32.9 Å². The van der Waals surface area contributed by atoms with Crippen LogP contribution >= 0.6 is 0 Å². The van der Waals surface area contributed by atoms with Crippen LogP contribution in [0.25, 0.3) is 0 Å². The Morgan fingerprint density at radius 3 is 2.57 bits per heavy atom. The minimum absolute atomic E-state index is 0.0855. The normalized spacial score (nSPS) is 12.1. The van der Waals surface area contributed by atoms with E-state index in [-0.39, 0.29) is 6.10 Å². The maximum absolute atomic E-state index is 5.84. The molecule has 1 aromatic carbocycles. The highest BCUT2D eigenvalue weighted by molar-refractivity contribution is 5.31. The maximum atomic E-state index is 5.84. The highest BCUT2D eigenvalue weighted by Gasteiger charge is 2.05. The zero-order valence-electron chi connectivity index (χ0n) is 12.7. The van der Waals surface area contributed by atoms with Gasteiger partial charge in [0.1, 0.15) is 23.4 Å². The molecule has 114 valence electrons. The molecule has 0 aliphatic heterocycles. The van der Waals surface area contributed by atoms with Gasteiger partial charge in [-0.05, 0) is 49.7 Å². The van der Waals surface area contributed by atoms with Crippen LogP contribution in [0.3, 0.4) is 0 Å². The number of benzene rings is 1. The summed E-state index contributed by atoms with van der Waals surface area (Å²) in [5.41, 5.74) is 0. The minimum Gasteiger partial charge on any atom is -0.494 e. The molecular formula is C17H23NO3. The number of hydrogen-bond donors (Lipinski definition) is 1. The second-order valence-electron chi connectivity index (χ2n) is 4.96. The first-order valence-electron chi connectivity index (χ1n) is 7.40. The molecule has 1 N–H and O–H groups in total.